The van der Waals surface area contributed by atoms with E-state index in [1.54, 1.807) is 24.3 Å². The molecular weight excluding hydrogens is 364 g/mol. The molecule has 0 saturated carbocycles. The molecule has 0 bridgehead atoms. The summed E-state index contributed by atoms with van der Waals surface area (Å²) < 4.78 is 5.46. The Labute approximate surface area is 163 Å². The van der Waals surface area contributed by atoms with Gasteiger partial charge < -0.3 is 30.7 Å². The number of ether oxygens (including phenoxy) is 1. The Kier molecular flexibility index (Phi) is 6.70. The van der Waals surface area contributed by atoms with Crippen LogP contribution in [0.3, 0.4) is 0 Å². The number of nitrogens with one attached hydrogen (secondary N) is 3. The van der Waals surface area contributed by atoms with Gasteiger partial charge in [-0.25, -0.2) is 9.59 Å². The number of aliphatic carboxylic acids is 1. The van der Waals surface area contributed by atoms with Crippen molar-refractivity contribution < 1.29 is 24.2 Å². The number of likely N-dealkylation sites (tertiary alicyclic amines) is 1. The number of nitrogens with zero attached hydrogens (tertiary/aromatic N) is 1. The van der Waals surface area contributed by atoms with Crippen LogP contribution in [0.25, 0.3) is 0 Å². The lowest BCUT2D eigenvalue weighted by Gasteiger charge is -2.30. The van der Waals surface area contributed by atoms with E-state index in [4.69, 9.17) is 9.84 Å². The van der Waals surface area contributed by atoms with Crippen molar-refractivity contribution in [2.24, 2.45) is 5.92 Å². The predicted molar refractivity (Wildman–Crippen MR) is 103 cm³/mol. The van der Waals surface area contributed by atoms with E-state index in [0.717, 1.165) is 19.4 Å². The minimum absolute atomic E-state index is 0.0823. The molecule has 2 aliphatic heterocycles. The van der Waals surface area contributed by atoms with Crippen LogP contribution in [0.4, 0.5) is 21.0 Å². The zero-order valence-corrected chi connectivity index (χ0v) is 15.6. The molecule has 4 N–H and O–H groups in total. The number of carboxylic acids is 1. The maximum absolute atomic E-state index is 12.3. The SMILES string of the molecule is O=C(NCC1CCCO1)Nc1ccc(NC(=O)N2CCCC(C(=O)O)C2)cc1. The third-order valence-electron chi connectivity index (χ3n) is 4.97. The number of urea groups is 2. The van der Waals surface area contributed by atoms with Crippen LogP contribution in [0.5, 0.6) is 0 Å². The second kappa shape index (κ2) is 9.41. The molecule has 1 aromatic carbocycles. The summed E-state index contributed by atoms with van der Waals surface area (Å²) in [7, 11) is 0. The van der Waals surface area contributed by atoms with Crippen molar-refractivity contribution in [3.05, 3.63) is 24.3 Å². The first-order valence-electron chi connectivity index (χ1n) is 9.56. The zero-order chi connectivity index (χ0) is 19.9. The molecular formula is C19H26N4O5. The quantitative estimate of drug-likeness (QED) is 0.615. The van der Waals surface area contributed by atoms with Crippen molar-refractivity contribution in [1.82, 2.24) is 10.2 Å². The molecule has 2 aliphatic rings. The summed E-state index contributed by atoms with van der Waals surface area (Å²) >= 11 is 0. The summed E-state index contributed by atoms with van der Waals surface area (Å²) in [6.07, 6.45) is 3.33. The van der Waals surface area contributed by atoms with E-state index in [1.165, 1.54) is 4.90 Å². The molecule has 152 valence electrons. The van der Waals surface area contributed by atoms with Crippen molar-refractivity contribution in [3.8, 4) is 0 Å². The number of amides is 4. The summed E-state index contributed by atoms with van der Waals surface area (Å²) in [5.74, 6) is -1.38. The summed E-state index contributed by atoms with van der Waals surface area (Å²) in [4.78, 5) is 36.9. The van der Waals surface area contributed by atoms with Gasteiger partial charge in [-0.2, -0.15) is 0 Å². The van der Waals surface area contributed by atoms with Gasteiger partial charge in [0.1, 0.15) is 0 Å². The fraction of sp³-hybridized carbons (Fsp3) is 0.526. The van der Waals surface area contributed by atoms with Crippen LogP contribution in [0.15, 0.2) is 24.3 Å². The normalized spacial score (nSPS) is 21.8. The third-order valence-corrected chi connectivity index (χ3v) is 4.97. The average Bonchev–Trinajstić information content (AvgIpc) is 3.21. The highest BCUT2D eigenvalue weighted by molar-refractivity contribution is 5.91. The Morgan fingerprint density at radius 3 is 2.43 bits per heavy atom. The van der Waals surface area contributed by atoms with Gasteiger partial charge in [0.25, 0.3) is 0 Å². The van der Waals surface area contributed by atoms with Crippen LogP contribution >= 0.6 is 0 Å². The molecule has 2 unspecified atom stereocenters. The molecule has 0 spiro atoms. The second-order valence-corrected chi connectivity index (χ2v) is 7.10. The molecule has 2 fully saturated rings. The van der Waals surface area contributed by atoms with Crippen molar-refractivity contribution in [2.75, 3.05) is 36.9 Å². The van der Waals surface area contributed by atoms with Gasteiger partial charge in [0.05, 0.1) is 12.0 Å². The van der Waals surface area contributed by atoms with Crippen molar-refractivity contribution in [2.45, 2.75) is 31.8 Å². The lowest BCUT2D eigenvalue weighted by Crippen LogP contribution is -2.44. The minimum atomic E-state index is -0.870. The molecule has 0 aliphatic carbocycles. The molecule has 0 radical (unpaired) electrons. The van der Waals surface area contributed by atoms with E-state index in [-0.39, 0.29) is 24.7 Å². The molecule has 28 heavy (non-hydrogen) atoms. The average molecular weight is 390 g/mol. The Balaban J connectivity index is 1.45. The molecule has 4 amide bonds. The van der Waals surface area contributed by atoms with E-state index >= 15 is 0 Å². The van der Waals surface area contributed by atoms with Gasteiger partial charge in [0.2, 0.25) is 0 Å². The van der Waals surface area contributed by atoms with Crippen LogP contribution in [0, 0.1) is 5.92 Å². The largest absolute Gasteiger partial charge is 0.481 e. The molecule has 1 aromatic rings. The Morgan fingerprint density at radius 1 is 1.07 bits per heavy atom. The lowest BCUT2D eigenvalue weighted by molar-refractivity contribution is -0.143. The number of rotatable bonds is 5. The smallest absolute Gasteiger partial charge is 0.321 e. The molecule has 2 saturated heterocycles. The molecule has 9 heteroatoms. The van der Waals surface area contributed by atoms with E-state index in [0.29, 0.717) is 37.3 Å². The summed E-state index contributed by atoms with van der Waals surface area (Å²) in [5.41, 5.74) is 1.18. The number of anilines is 2. The highest BCUT2D eigenvalue weighted by Gasteiger charge is 2.28. The van der Waals surface area contributed by atoms with Crippen LogP contribution in [0.1, 0.15) is 25.7 Å². The third kappa shape index (κ3) is 5.59. The Morgan fingerprint density at radius 2 is 1.79 bits per heavy atom. The number of carboxylic acid groups (broad SMARTS) is 1. The standard InChI is InChI=1S/C19H26N4O5/c24-17(25)13-3-1-9-23(12-13)19(27)22-15-7-5-14(6-8-15)21-18(26)20-11-16-4-2-10-28-16/h5-8,13,16H,1-4,9-12H2,(H,22,27)(H,24,25)(H2,20,21,26). The van der Waals surface area contributed by atoms with Crippen LogP contribution in [0.2, 0.25) is 0 Å². The fourth-order valence-electron chi connectivity index (χ4n) is 3.39. The fourth-order valence-corrected chi connectivity index (χ4v) is 3.39. The van der Waals surface area contributed by atoms with E-state index < -0.39 is 11.9 Å². The maximum Gasteiger partial charge on any atom is 0.321 e. The van der Waals surface area contributed by atoms with Crippen LogP contribution in [-0.4, -0.2) is 60.4 Å². The van der Waals surface area contributed by atoms with Gasteiger partial charge in [-0.1, -0.05) is 0 Å². The zero-order valence-electron chi connectivity index (χ0n) is 15.6. The van der Waals surface area contributed by atoms with Crippen molar-refractivity contribution >= 4 is 29.4 Å². The number of hydrogen-bond acceptors (Lipinski definition) is 4. The first kappa shape index (κ1) is 19.9. The van der Waals surface area contributed by atoms with E-state index in [9.17, 15) is 14.4 Å². The van der Waals surface area contributed by atoms with Crippen molar-refractivity contribution in [3.63, 3.8) is 0 Å². The first-order valence-corrected chi connectivity index (χ1v) is 9.56. The molecule has 9 nitrogen and oxygen atoms in total. The van der Waals surface area contributed by atoms with Crippen molar-refractivity contribution in [1.29, 1.82) is 0 Å². The number of carbonyl (C=O) groups is 3. The summed E-state index contributed by atoms with van der Waals surface area (Å²) in [5, 5.41) is 17.4. The van der Waals surface area contributed by atoms with Gasteiger partial charge in [-0.05, 0) is 49.9 Å². The van der Waals surface area contributed by atoms with Crippen LogP contribution < -0.4 is 16.0 Å². The molecule has 3 rings (SSSR count). The van der Waals surface area contributed by atoms with Crippen LogP contribution in [-0.2, 0) is 9.53 Å². The summed E-state index contributed by atoms with van der Waals surface area (Å²) in [6.45, 7) is 1.98. The van der Waals surface area contributed by atoms with E-state index in [2.05, 4.69) is 16.0 Å². The molecule has 2 heterocycles. The second-order valence-electron chi connectivity index (χ2n) is 7.10. The molecule has 2 atom stereocenters. The van der Waals surface area contributed by atoms with Gasteiger partial charge in [0.15, 0.2) is 0 Å². The predicted octanol–water partition coefficient (Wildman–Crippen LogP) is 2.32. The number of benzene rings is 1. The Hall–Kier alpha value is -2.81. The highest BCUT2D eigenvalue weighted by atomic mass is 16.5. The number of hydrogen-bond donors (Lipinski definition) is 4. The Bertz CT molecular complexity index is 703. The summed E-state index contributed by atoms with van der Waals surface area (Å²) in [6, 6.07) is 6.13. The molecule has 0 aromatic heterocycles. The number of carbonyl (C=O) groups excluding carboxylic acids is 2. The lowest BCUT2D eigenvalue weighted by atomic mass is 9.99. The van der Waals surface area contributed by atoms with E-state index in [1.807, 2.05) is 0 Å². The van der Waals surface area contributed by atoms with Gasteiger partial charge in [-0.15, -0.1) is 0 Å². The van der Waals surface area contributed by atoms with Gasteiger partial charge in [-0.3, -0.25) is 4.79 Å². The first-order chi connectivity index (χ1) is 13.5. The monoisotopic (exact) mass is 390 g/mol. The highest BCUT2D eigenvalue weighted by Crippen LogP contribution is 2.19. The topological polar surface area (TPSA) is 120 Å². The maximum atomic E-state index is 12.3. The minimum Gasteiger partial charge on any atom is -0.481 e. The van der Waals surface area contributed by atoms with Gasteiger partial charge >= 0.3 is 18.0 Å². The number of piperidine rings is 1. The van der Waals surface area contributed by atoms with Gasteiger partial charge in [0, 0.05) is 37.6 Å².